The molecule has 2 heterocycles. The third-order valence-corrected chi connectivity index (χ3v) is 8.91. The Labute approximate surface area is 222 Å². The SMILES string of the molecule is CNC(=O)c1ccc(Nc2nnc(-c3ccc(C)c(S(=O)(=O)N4CCN(C)CC4)c3)c3ccccc23)cc1. The molecule has 0 atom stereocenters. The first-order valence-electron chi connectivity index (χ1n) is 12.4. The zero-order valence-corrected chi connectivity index (χ0v) is 22.4. The van der Waals surface area contributed by atoms with Gasteiger partial charge in [-0.15, -0.1) is 10.2 Å². The number of piperazine rings is 1. The molecular weight excluding hydrogens is 500 g/mol. The fourth-order valence-electron chi connectivity index (χ4n) is 4.59. The van der Waals surface area contributed by atoms with E-state index in [9.17, 15) is 13.2 Å². The number of amides is 1. The van der Waals surface area contributed by atoms with Crippen LogP contribution >= 0.6 is 0 Å². The van der Waals surface area contributed by atoms with Crippen molar-refractivity contribution >= 4 is 38.2 Å². The van der Waals surface area contributed by atoms with E-state index < -0.39 is 10.0 Å². The van der Waals surface area contributed by atoms with Gasteiger partial charge in [-0.3, -0.25) is 4.79 Å². The molecule has 1 aliphatic heterocycles. The van der Waals surface area contributed by atoms with Crippen molar-refractivity contribution in [2.75, 3.05) is 45.6 Å². The van der Waals surface area contributed by atoms with Crippen LogP contribution in [0.1, 0.15) is 15.9 Å². The number of fused-ring (bicyclic) bond motifs is 1. The largest absolute Gasteiger partial charge is 0.355 e. The van der Waals surface area contributed by atoms with Crippen LogP contribution in [-0.4, -0.2) is 74.0 Å². The molecule has 0 radical (unpaired) electrons. The summed E-state index contributed by atoms with van der Waals surface area (Å²) in [7, 11) is -0.0509. The molecule has 5 rings (SSSR count). The molecule has 0 saturated carbocycles. The number of hydrogen-bond donors (Lipinski definition) is 2. The number of aromatic nitrogens is 2. The van der Waals surface area contributed by atoms with Gasteiger partial charge < -0.3 is 15.5 Å². The molecule has 1 fully saturated rings. The van der Waals surface area contributed by atoms with Crippen LogP contribution in [0.25, 0.3) is 22.0 Å². The number of nitrogens with one attached hydrogen (secondary N) is 2. The van der Waals surface area contributed by atoms with Gasteiger partial charge in [0.15, 0.2) is 5.82 Å². The highest BCUT2D eigenvalue weighted by atomic mass is 32.2. The van der Waals surface area contributed by atoms with Crippen molar-refractivity contribution in [2.45, 2.75) is 11.8 Å². The van der Waals surface area contributed by atoms with Crippen LogP contribution in [-0.2, 0) is 10.0 Å². The molecule has 0 unspecified atom stereocenters. The van der Waals surface area contributed by atoms with E-state index in [0.29, 0.717) is 59.3 Å². The van der Waals surface area contributed by atoms with Gasteiger partial charge in [0.2, 0.25) is 10.0 Å². The van der Waals surface area contributed by atoms with Crippen molar-refractivity contribution in [3.8, 4) is 11.3 Å². The quantitative estimate of drug-likeness (QED) is 0.392. The normalized spacial score (nSPS) is 14.9. The van der Waals surface area contributed by atoms with E-state index in [1.807, 2.05) is 62.5 Å². The fourth-order valence-corrected chi connectivity index (χ4v) is 6.26. The summed E-state index contributed by atoms with van der Waals surface area (Å²) >= 11 is 0. The highest BCUT2D eigenvalue weighted by molar-refractivity contribution is 7.89. The lowest BCUT2D eigenvalue weighted by Crippen LogP contribution is -2.47. The van der Waals surface area contributed by atoms with E-state index in [0.717, 1.165) is 16.5 Å². The number of aryl methyl sites for hydroxylation is 1. The van der Waals surface area contributed by atoms with Crippen LogP contribution in [0.5, 0.6) is 0 Å². The molecule has 1 aromatic heterocycles. The summed E-state index contributed by atoms with van der Waals surface area (Å²) < 4.78 is 28.6. The van der Waals surface area contributed by atoms with E-state index in [1.54, 1.807) is 29.6 Å². The van der Waals surface area contributed by atoms with E-state index in [4.69, 9.17) is 0 Å². The molecule has 9 nitrogen and oxygen atoms in total. The van der Waals surface area contributed by atoms with Crippen LogP contribution in [0.3, 0.4) is 0 Å². The van der Waals surface area contributed by atoms with Crippen LogP contribution < -0.4 is 10.6 Å². The Morgan fingerprint density at radius 2 is 1.58 bits per heavy atom. The molecule has 3 aromatic carbocycles. The first-order valence-corrected chi connectivity index (χ1v) is 13.9. The summed E-state index contributed by atoms with van der Waals surface area (Å²) in [5, 5.41) is 16.6. The second-order valence-corrected chi connectivity index (χ2v) is 11.3. The highest BCUT2D eigenvalue weighted by Gasteiger charge is 2.29. The Hall–Kier alpha value is -3.86. The fraction of sp³-hybridized carbons (Fsp3) is 0.250. The van der Waals surface area contributed by atoms with Gasteiger partial charge in [0.05, 0.1) is 4.90 Å². The summed E-state index contributed by atoms with van der Waals surface area (Å²) in [6.07, 6.45) is 0. The van der Waals surface area contributed by atoms with Gasteiger partial charge >= 0.3 is 0 Å². The molecule has 38 heavy (non-hydrogen) atoms. The van der Waals surface area contributed by atoms with Crippen molar-refractivity contribution in [3.05, 3.63) is 77.9 Å². The highest BCUT2D eigenvalue weighted by Crippen LogP contribution is 2.33. The van der Waals surface area contributed by atoms with Crippen LogP contribution in [0.2, 0.25) is 0 Å². The molecule has 1 amide bonds. The lowest BCUT2D eigenvalue weighted by molar-refractivity contribution is 0.0963. The average molecular weight is 531 g/mol. The minimum atomic E-state index is -3.64. The predicted molar refractivity (Wildman–Crippen MR) is 149 cm³/mol. The molecule has 1 saturated heterocycles. The molecule has 0 aliphatic carbocycles. The standard InChI is InChI=1S/C28H30N6O3S/c1-19-8-9-21(18-25(19)38(36,37)34-16-14-33(3)15-17-34)26-23-6-4-5-7-24(23)27(32-31-26)30-22-12-10-20(11-13-22)28(35)29-2/h4-13,18H,14-17H2,1-3H3,(H,29,35)(H,30,32). The maximum Gasteiger partial charge on any atom is 0.251 e. The lowest BCUT2D eigenvalue weighted by atomic mass is 10.0. The van der Waals surface area contributed by atoms with Gasteiger partial charge in [-0.1, -0.05) is 36.4 Å². The van der Waals surface area contributed by atoms with E-state index in [-0.39, 0.29) is 5.91 Å². The number of carbonyl (C=O) groups is 1. The molecule has 2 N–H and O–H groups in total. The molecule has 0 bridgehead atoms. The molecule has 4 aromatic rings. The monoisotopic (exact) mass is 530 g/mol. The van der Waals surface area contributed by atoms with Crippen molar-refractivity contribution in [1.82, 2.24) is 24.7 Å². The third-order valence-electron chi connectivity index (χ3n) is 6.87. The third kappa shape index (κ3) is 4.98. The molecule has 0 spiro atoms. The van der Waals surface area contributed by atoms with Gasteiger partial charge in [-0.05, 0) is 49.9 Å². The average Bonchev–Trinajstić information content (AvgIpc) is 2.94. The van der Waals surface area contributed by atoms with Gasteiger partial charge in [0, 0.05) is 60.8 Å². The number of sulfonamides is 1. The summed E-state index contributed by atoms with van der Waals surface area (Å²) in [4.78, 5) is 14.3. The second-order valence-electron chi connectivity index (χ2n) is 9.41. The number of benzene rings is 3. The smallest absolute Gasteiger partial charge is 0.251 e. The number of nitrogens with zero attached hydrogens (tertiary/aromatic N) is 4. The maximum absolute atomic E-state index is 13.5. The second kappa shape index (κ2) is 10.5. The van der Waals surface area contributed by atoms with Gasteiger partial charge in [0.1, 0.15) is 5.69 Å². The molecular formula is C28H30N6O3S. The Bertz CT molecular complexity index is 1600. The first kappa shape index (κ1) is 25.8. The summed E-state index contributed by atoms with van der Waals surface area (Å²) in [5.74, 6) is 0.410. The maximum atomic E-state index is 13.5. The summed E-state index contributed by atoms with van der Waals surface area (Å²) in [5.41, 5.74) is 3.32. The number of carbonyl (C=O) groups excluding carboxylic acids is 1. The van der Waals surface area contributed by atoms with Crippen molar-refractivity contribution < 1.29 is 13.2 Å². The van der Waals surface area contributed by atoms with Crippen molar-refractivity contribution in [3.63, 3.8) is 0 Å². The van der Waals surface area contributed by atoms with Crippen LogP contribution in [0.4, 0.5) is 11.5 Å². The predicted octanol–water partition coefficient (Wildman–Crippen LogP) is 3.64. The number of likely N-dealkylation sites (N-methyl/N-ethyl adjacent to an activating group) is 1. The van der Waals surface area contributed by atoms with Gasteiger partial charge in [0.25, 0.3) is 5.91 Å². The topological polar surface area (TPSA) is 108 Å². The van der Waals surface area contributed by atoms with Crippen molar-refractivity contribution in [2.24, 2.45) is 0 Å². The van der Waals surface area contributed by atoms with Gasteiger partial charge in [-0.2, -0.15) is 4.31 Å². The van der Waals surface area contributed by atoms with Crippen molar-refractivity contribution in [1.29, 1.82) is 0 Å². The lowest BCUT2D eigenvalue weighted by Gasteiger charge is -2.32. The summed E-state index contributed by atoms with van der Waals surface area (Å²) in [6.45, 7) is 4.17. The zero-order valence-electron chi connectivity index (χ0n) is 21.6. The van der Waals surface area contributed by atoms with E-state index >= 15 is 0 Å². The minimum absolute atomic E-state index is 0.154. The van der Waals surface area contributed by atoms with E-state index in [2.05, 4.69) is 25.7 Å². The van der Waals surface area contributed by atoms with Gasteiger partial charge in [-0.25, -0.2) is 8.42 Å². The summed E-state index contributed by atoms with van der Waals surface area (Å²) in [6, 6.07) is 20.3. The molecule has 1 aliphatic rings. The number of rotatable bonds is 6. The number of anilines is 2. The van der Waals surface area contributed by atoms with Crippen LogP contribution in [0, 0.1) is 6.92 Å². The minimum Gasteiger partial charge on any atom is -0.355 e. The number of hydrogen-bond acceptors (Lipinski definition) is 7. The van der Waals surface area contributed by atoms with Crippen LogP contribution in [0.15, 0.2) is 71.6 Å². The Morgan fingerprint density at radius 3 is 2.26 bits per heavy atom. The molecule has 10 heteroatoms. The first-order chi connectivity index (χ1) is 18.3. The Morgan fingerprint density at radius 1 is 0.895 bits per heavy atom. The molecule has 196 valence electrons. The van der Waals surface area contributed by atoms with E-state index in [1.165, 1.54) is 0 Å². The zero-order chi connectivity index (χ0) is 26.9. The Kier molecular flexibility index (Phi) is 7.11. The Balaban J connectivity index is 1.51.